The minimum absolute atomic E-state index is 0.264. The molecule has 0 unspecified atom stereocenters. The van der Waals surface area contributed by atoms with Gasteiger partial charge in [-0.3, -0.25) is 0 Å². The molecule has 0 atom stereocenters. The topological polar surface area (TPSA) is 92.7 Å². The summed E-state index contributed by atoms with van der Waals surface area (Å²) in [6.45, 7) is 7.69. The molecule has 0 aromatic heterocycles. The van der Waals surface area contributed by atoms with Crippen LogP contribution < -0.4 is 0 Å². The zero-order chi connectivity index (χ0) is 24.8. The molecular weight excluding hydrogens is 440 g/mol. The van der Waals surface area contributed by atoms with Gasteiger partial charge in [0, 0.05) is 6.61 Å². The Kier molecular flexibility index (Phi) is 29.6. The third-order valence-corrected chi connectivity index (χ3v) is 5.23. The highest BCUT2D eigenvalue weighted by Gasteiger charge is 1.97. The molecule has 0 fully saturated rings. The molecule has 0 spiro atoms. The molecule has 0 radical (unpaired) electrons. The molecule has 8 heteroatoms. The summed E-state index contributed by atoms with van der Waals surface area (Å²) in [6.07, 6.45) is 16.3. The van der Waals surface area contributed by atoms with Crippen molar-refractivity contribution in [2.75, 3.05) is 79.3 Å². The van der Waals surface area contributed by atoms with Crippen molar-refractivity contribution in [3.8, 4) is 0 Å². The van der Waals surface area contributed by atoms with Crippen LogP contribution in [0, 0.1) is 0 Å². The van der Waals surface area contributed by atoms with Gasteiger partial charge in [-0.2, -0.15) is 0 Å². The Balaban J connectivity index is 3.01. The van der Waals surface area contributed by atoms with E-state index in [1.54, 1.807) is 0 Å². The predicted octanol–water partition coefficient (Wildman–Crippen LogP) is 4.87. The van der Waals surface area contributed by atoms with Crippen molar-refractivity contribution in [3.05, 3.63) is 0 Å². The Morgan fingerprint density at radius 2 is 0.735 bits per heavy atom. The van der Waals surface area contributed by atoms with Crippen LogP contribution >= 0.6 is 0 Å². The van der Waals surface area contributed by atoms with Crippen molar-refractivity contribution in [2.45, 2.75) is 84.0 Å². The van der Waals surface area contributed by atoms with Crippen LogP contribution in [0.3, 0.4) is 0 Å². The largest absolute Gasteiger partial charge is 0.480 e. The number of carboxylic acid groups (broad SMARTS) is 1. The van der Waals surface area contributed by atoms with Crippen LogP contribution in [0.1, 0.15) is 84.0 Å². The molecule has 0 aliphatic carbocycles. The monoisotopic (exact) mass is 492 g/mol. The van der Waals surface area contributed by atoms with Crippen molar-refractivity contribution in [3.63, 3.8) is 0 Å². The van der Waals surface area contributed by atoms with E-state index in [2.05, 4.69) is 6.92 Å². The van der Waals surface area contributed by atoms with Gasteiger partial charge in [0.25, 0.3) is 0 Å². The lowest BCUT2D eigenvalue weighted by Gasteiger charge is -2.08. The molecule has 0 bridgehead atoms. The number of rotatable bonds is 30. The Morgan fingerprint density at radius 3 is 1.09 bits per heavy atom. The summed E-state index contributed by atoms with van der Waals surface area (Å²) in [4.78, 5) is 10.2. The fourth-order valence-corrected chi connectivity index (χ4v) is 3.30. The molecule has 0 rings (SSSR count). The van der Waals surface area contributed by atoms with Crippen molar-refractivity contribution in [2.24, 2.45) is 0 Å². The fraction of sp³-hybridized carbons (Fsp3) is 0.962. The van der Waals surface area contributed by atoms with E-state index in [0.717, 1.165) is 13.0 Å². The van der Waals surface area contributed by atoms with Crippen LogP contribution in [-0.2, 0) is 33.2 Å². The highest BCUT2D eigenvalue weighted by Crippen LogP contribution is 2.11. The first-order valence-electron chi connectivity index (χ1n) is 13.5. The molecule has 0 aliphatic heterocycles. The zero-order valence-corrected chi connectivity index (χ0v) is 21.8. The third-order valence-electron chi connectivity index (χ3n) is 5.23. The second-order valence-corrected chi connectivity index (χ2v) is 8.40. The van der Waals surface area contributed by atoms with Crippen molar-refractivity contribution in [1.29, 1.82) is 0 Å². The smallest absolute Gasteiger partial charge is 0.329 e. The van der Waals surface area contributed by atoms with Crippen LogP contribution in [0.25, 0.3) is 0 Å². The second kappa shape index (κ2) is 30.3. The van der Waals surface area contributed by atoms with Crippen LogP contribution in [0.2, 0.25) is 0 Å². The first-order valence-corrected chi connectivity index (χ1v) is 13.5. The van der Waals surface area contributed by atoms with Gasteiger partial charge in [-0.15, -0.1) is 0 Å². The van der Waals surface area contributed by atoms with Gasteiger partial charge < -0.3 is 33.5 Å². The number of unbranched alkanes of at least 4 members (excludes halogenated alkanes) is 11. The summed E-state index contributed by atoms with van der Waals surface area (Å²) in [5.41, 5.74) is 0. The molecule has 8 nitrogen and oxygen atoms in total. The van der Waals surface area contributed by atoms with Gasteiger partial charge in [-0.1, -0.05) is 77.6 Å². The van der Waals surface area contributed by atoms with E-state index in [1.165, 1.54) is 70.6 Å². The number of ether oxygens (including phenoxy) is 6. The molecule has 1 N–H and O–H groups in total. The maximum atomic E-state index is 10.2. The molecule has 0 heterocycles. The zero-order valence-electron chi connectivity index (χ0n) is 21.8. The van der Waals surface area contributed by atoms with Gasteiger partial charge in [-0.05, 0) is 6.42 Å². The Hall–Kier alpha value is -0.770. The second-order valence-electron chi connectivity index (χ2n) is 8.40. The van der Waals surface area contributed by atoms with E-state index in [4.69, 9.17) is 33.5 Å². The highest BCUT2D eigenvalue weighted by atomic mass is 16.6. The van der Waals surface area contributed by atoms with Gasteiger partial charge in [0.15, 0.2) is 0 Å². The van der Waals surface area contributed by atoms with E-state index in [9.17, 15) is 4.79 Å². The van der Waals surface area contributed by atoms with Crippen LogP contribution in [0.4, 0.5) is 0 Å². The molecule has 0 aromatic rings. The summed E-state index contributed by atoms with van der Waals surface area (Å²) in [7, 11) is 0. The minimum atomic E-state index is -0.980. The quantitative estimate of drug-likeness (QED) is 0.142. The molecule has 0 saturated carbocycles. The van der Waals surface area contributed by atoms with E-state index < -0.39 is 5.97 Å². The molecule has 0 aromatic carbocycles. The normalized spacial score (nSPS) is 11.3. The summed E-state index contributed by atoms with van der Waals surface area (Å²) in [5.74, 6) is -0.980. The molecule has 0 saturated heterocycles. The number of carbonyl (C=O) groups is 1. The lowest BCUT2D eigenvalue weighted by molar-refractivity contribution is -0.142. The summed E-state index contributed by atoms with van der Waals surface area (Å²) in [6, 6.07) is 0. The van der Waals surface area contributed by atoms with Crippen LogP contribution in [-0.4, -0.2) is 90.4 Å². The SMILES string of the molecule is CCCCCCCCCCCCCCOCCOCCOCCOCCOCCOCC(=O)O. The predicted molar refractivity (Wildman–Crippen MR) is 134 cm³/mol. The minimum Gasteiger partial charge on any atom is -0.480 e. The Morgan fingerprint density at radius 1 is 0.441 bits per heavy atom. The number of hydrogen-bond acceptors (Lipinski definition) is 7. The molecule has 0 aliphatic rings. The molecule has 0 amide bonds. The maximum absolute atomic E-state index is 10.2. The van der Waals surface area contributed by atoms with Gasteiger partial charge in [0.1, 0.15) is 6.61 Å². The van der Waals surface area contributed by atoms with Gasteiger partial charge >= 0.3 is 5.97 Å². The average Bonchev–Trinajstić information content (AvgIpc) is 2.83. The van der Waals surface area contributed by atoms with Crippen molar-refractivity contribution in [1.82, 2.24) is 0 Å². The van der Waals surface area contributed by atoms with E-state index in [1.807, 2.05) is 0 Å². The van der Waals surface area contributed by atoms with E-state index in [-0.39, 0.29) is 13.2 Å². The number of carboxylic acids is 1. The lowest BCUT2D eigenvalue weighted by atomic mass is 10.1. The molecule has 204 valence electrons. The van der Waals surface area contributed by atoms with Crippen molar-refractivity contribution < 1.29 is 38.3 Å². The number of aliphatic carboxylic acids is 1. The Labute approximate surface area is 207 Å². The third kappa shape index (κ3) is 31.2. The lowest BCUT2D eigenvalue weighted by Crippen LogP contribution is -2.15. The van der Waals surface area contributed by atoms with Crippen LogP contribution in [0.15, 0.2) is 0 Å². The first kappa shape index (κ1) is 33.2. The summed E-state index contributed by atoms with van der Waals surface area (Å²) < 4.78 is 32.0. The van der Waals surface area contributed by atoms with E-state index >= 15 is 0 Å². The number of hydrogen-bond donors (Lipinski definition) is 1. The summed E-state index contributed by atoms with van der Waals surface area (Å²) in [5, 5.41) is 8.40. The Bertz CT molecular complexity index is 395. The molecule has 34 heavy (non-hydrogen) atoms. The highest BCUT2D eigenvalue weighted by molar-refractivity contribution is 5.67. The van der Waals surface area contributed by atoms with Gasteiger partial charge in [0.05, 0.1) is 66.1 Å². The van der Waals surface area contributed by atoms with Gasteiger partial charge in [-0.25, -0.2) is 4.79 Å². The molecular formula is C26H52O8. The fourth-order valence-electron chi connectivity index (χ4n) is 3.30. The standard InChI is InChI=1S/C26H52O8/c1-2-3-4-5-6-7-8-9-10-11-12-13-14-29-15-16-30-17-18-31-19-20-32-21-22-33-23-24-34-25-26(27)28/h2-25H2,1H3,(H,27,28). The van der Waals surface area contributed by atoms with E-state index in [0.29, 0.717) is 59.5 Å². The van der Waals surface area contributed by atoms with Crippen LogP contribution in [0.5, 0.6) is 0 Å². The first-order chi connectivity index (χ1) is 16.8. The van der Waals surface area contributed by atoms with Crippen molar-refractivity contribution >= 4 is 5.97 Å². The van der Waals surface area contributed by atoms with Gasteiger partial charge in [0.2, 0.25) is 0 Å². The maximum Gasteiger partial charge on any atom is 0.329 e. The average molecular weight is 493 g/mol. The summed E-state index contributed by atoms with van der Waals surface area (Å²) >= 11 is 0.